The molecule has 2 aromatic heterocycles. The Morgan fingerprint density at radius 2 is 0.868 bits per heavy atom. The van der Waals surface area contributed by atoms with Crippen LogP contribution < -0.4 is 4.90 Å². The summed E-state index contributed by atoms with van der Waals surface area (Å²) in [6.07, 6.45) is 0. The highest BCUT2D eigenvalue weighted by molar-refractivity contribution is 6.23. The highest BCUT2D eigenvalue weighted by atomic mass is 16.3. The highest BCUT2D eigenvalue weighted by Crippen LogP contribution is 2.51. The molecule has 2 heterocycles. The fourth-order valence-electron chi connectivity index (χ4n) is 8.28. The molecule has 0 saturated heterocycles. The molecule has 0 aliphatic heterocycles. The van der Waals surface area contributed by atoms with Gasteiger partial charge in [-0.05, 0) is 75.3 Å². The lowest BCUT2D eigenvalue weighted by atomic mass is 9.90. The Labute approximate surface area is 305 Å². The van der Waals surface area contributed by atoms with Crippen molar-refractivity contribution in [2.75, 3.05) is 4.90 Å². The minimum atomic E-state index is 0.846. The van der Waals surface area contributed by atoms with E-state index < -0.39 is 0 Å². The number of para-hydroxylation sites is 3. The molecule has 3 nitrogen and oxygen atoms in total. The zero-order valence-electron chi connectivity index (χ0n) is 28.7. The Balaban J connectivity index is 1.24. The van der Waals surface area contributed by atoms with Gasteiger partial charge in [-0.15, -0.1) is 0 Å². The summed E-state index contributed by atoms with van der Waals surface area (Å²) in [5.74, 6) is 0. The van der Waals surface area contributed by atoms with Crippen molar-refractivity contribution in [1.82, 2.24) is 0 Å². The van der Waals surface area contributed by atoms with Gasteiger partial charge in [-0.25, -0.2) is 0 Å². The first-order valence-electron chi connectivity index (χ1n) is 18.0. The molecule has 0 amide bonds. The van der Waals surface area contributed by atoms with Crippen molar-refractivity contribution in [3.05, 3.63) is 188 Å². The Bertz CT molecular complexity index is 3190. The zero-order valence-corrected chi connectivity index (χ0v) is 28.7. The Morgan fingerprint density at radius 3 is 1.66 bits per heavy atom. The summed E-state index contributed by atoms with van der Waals surface area (Å²) in [4.78, 5) is 2.42. The predicted octanol–water partition coefficient (Wildman–Crippen LogP) is 14.6. The molecule has 0 aliphatic carbocycles. The van der Waals surface area contributed by atoms with Crippen molar-refractivity contribution in [3.63, 3.8) is 0 Å². The largest absolute Gasteiger partial charge is 0.456 e. The third-order valence-electron chi connectivity index (χ3n) is 10.6. The van der Waals surface area contributed by atoms with Gasteiger partial charge in [0.1, 0.15) is 16.7 Å². The summed E-state index contributed by atoms with van der Waals surface area (Å²) in [5.41, 5.74) is 11.1. The van der Waals surface area contributed by atoms with Gasteiger partial charge in [-0.3, -0.25) is 0 Å². The van der Waals surface area contributed by atoms with Gasteiger partial charge < -0.3 is 13.7 Å². The van der Waals surface area contributed by atoms with Gasteiger partial charge >= 0.3 is 0 Å². The fourth-order valence-corrected chi connectivity index (χ4v) is 8.28. The van der Waals surface area contributed by atoms with Gasteiger partial charge in [0.25, 0.3) is 0 Å². The van der Waals surface area contributed by atoms with Crippen LogP contribution in [0.25, 0.3) is 87.7 Å². The van der Waals surface area contributed by atoms with Crippen molar-refractivity contribution in [2.45, 2.75) is 0 Å². The average Bonchev–Trinajstić information content (AvgIpc) is 3.80. The third kappa shape index (κ3) is 4.61. The van der Waals surface area contributed by atoms with Crippen LogP contribution in [0.1, 0.15) is 0 Å². The van der Waals surface area contributed by atoms with Crippen LogP contribution in [-0.2, 0) is 0 Å². The summed E-state index contributed by atoms with van der Waals surface area (Å²) < 4.78 is 13.1. The normalized spacial score (nSPS) is 11.8. The quantitative estimate of drug-likeness (QED) is 0.170. The maximum Gasteiger partial charge on any atom is 0.159 e. The van der Waals surface area contributed by atoms with Crippen LogP contribution in [0.3, 0.4) is 0 Å². The lowest BCUT2D eigenvalue weighted by Gasteiger charge is -2.31. The van der Waals surface area contributed by atoms with Crippen LogP contribution in [0.15, 0.2) is 197 Å². The van der Waals surface area contributed by atoms with Crippen molar-refractivity contribution in [2.24, 2.45) is 0 Å². The van der Waals surface area contributed by atoms with Crippen LogP contribution in [-0.4, -0.2) is 0 Å². The van der Waals surface area contributed by atoms with Crippen LogP contribution in [0.5, 0.6) is 0 Å². The molecule has 0 radical (unpaired) electrons. The van der Waals surface area contributed by atoms with Crippen LogP contribution in [0, 0.1) is 0 Å². The van der Waals surface area contributed by atoms with Crippen LogP contribution in [0.2, 0.25) is 0 Å². The minimum absolute atomic E-state index is 0.846. The first kappa shape index (κ1) is 29.6. The number of anilines is 3. The minimum Gasteiger partial charge on any atom is -0.456 e. The molecule has 0 N–H and O–H groups in total. The molecule has 0 saturated carbocycles. The number of rotatable bonds is 5. The topological polar surface area (TPSA) is 29.5 Å². The molecular formula is C50H31NO2. The molecule has 0 spiro atoms. The van der Waals surface area contributed by atoms with Crippen molar-refractivity contribution >= 4 is 82.5 Å². The molecule has 248 valence electrons. The van der Waals surface area contributed by atoms with Crippen molar-refractivity contribution in [3.8, 4) is 22.3 Å². The molecule has 0 unspecified atom stereocenters. The van der Waals surface area contributed by atoms with E-state index in [2.05, 4.69) is 175 Å². The Kier molecular flexibility index (Phi) is 6.55. The van der Waals surface area contributed by atoms with Gasteiger partial charge in [0.2, 0.25) is 0 Å². The third-order valence-corrected chi connectivity index (χ3v) is 10.6. The van der Waals surface area contributed by atoms with Gasteiger partial charge in [0.05, 0.1) is 11.4 Å². The van der Waals surface area contributed by atoms with E-state index in [0.717, 1.165) is 83.0 Å². The Hall–Kier alpha value is -7.10. The number of hydrogen-bond donors (Lipinski definition) is 0. The van der Waals surface area contributed by atoms with Gasteiger partial charge in [0.15, 0.2) is 5.58 Å². The summed E-state index contributed by atoms with van der Waals surface area (Å²) in [5, 5.41) is 9.21. The van der Waals surface area contributed by atoms with Gasteiger partial charge in [-0.1, -0.05) is 146 Å². The molecule has 11 aromatic rings. The Morgan fingerprint density at radius 1 is 0.321 bits per heavy atom. The van der Waals surface area contributed by atoms with E-state index in [0.29, 0.717) is 0 Å². The molecule has 3 heteroatoms. The van der Waals surface area contributed by atoms with E-state index in [-0.39, 0.29) is 0 Å². The molecule has 0 aliphatic rings. The molecule has 0 atom stereocenters. The number of furan rings is 2. The number of fused-ring (bicyclic) bond motifs is 9. The average molecular weight is 678 g/mol. The standard InChI is InChI=1S/C50H31NO2/c1-2-14-32(15-3-1)48-41-22-6-4-18-36(41)37-19-5-7-23-42(37)49(48)51(44-25-13-24-43-39-21-9-11-27-46(39)53-50(43)44)35-17-12-16-33(30-35)34-28-29-40-38-20-8-10-26-45(38)52-47(40)31-34/h1-31H. The second-order valence-corrected chi connectivity index (χ2v) is 13.6. The zero-order chi connectivity index (χ0) is 34.9. The number of benzene rings is 9. The lowest BCUT2D eigenvalue weighted by molar-refractivity contribution is 0.669. The molecule has 0 bridgehead atoms. The SMILES string of the molecule is c1ccc(-c2c(N(c3cccc(-c4ccc5c(c4)oc4ccccc45)c3)c3cccc4c3oc3ccccc34)c3ccccc3c3ccccc23)cc1. The van der Waals surface area contributed by atoms with E-state index in [4.69, 9.17) is 8.83 Å². The second-order valence-electron chi connectivity index (χ2n) is 13.6. The molecule has 53 heavy (non-hydrogen) atoms. The van der Waals surface area contributed by atoms with Crippen molar-refractivity contribution < 1.29 is 8.83 Å². The highest BCUT2D eigenvalue weighted by Gasteiger charge is 2.26. The van der Waals surface area contributed by atoms with Crippen molar-refractivity contribution in [1.29, 1.82) is 0 Å². The lowest BCUT2D eigenvalue weighted by Crippen LogP contribution is -2.13. The van der Waals surface area contributed by atoms with E-state index >= 15 is 0 Å². The first-order chi connectivity index (χ1) is 26.3. The first-order valence-corrected chi connectivity index (χ1v) is 18.0. The monoisotopic (exact) mass is 677 g/mol. The van der Waals surface area contributed by atoms with E-state index in [1.807, 2.05) is 18.2 Å². The maximum absolute atomic E-state index is 6.79. The smallest absolute Gasteiger partial charge is 0.159 e. The van der Waals surface area contributed by atoms with Crippen LogP contribution in [0.4, 0.5) is 17.1 Å². The van der Waals surface area contributed by atoms with Gasteiger partial charge in [0, 0.05) is 38.2 Å². The summed E-state index contributed by atoms with van der Waals surface area (Å²) in [6.45, 7) is 0. The van der Waals surface area contributed by atoms with Gasteiger partial charge in [-0.2, -0.15) is 0 Å². The fraction of sp³-hybridized carbons (Fsp3) is 0. The summed E-state index contributed by atoms with van der Waals surface area (Å²) in [7, 11) is 0. The molecule has 0 fully saturated rings. The predicted molar refractivity (Wildman–Crippen MR) is 222 cm³/mol. The van der Waals surface area contributed by atoms with E-state index in [1.165, 1.54) is 21.7 Å². The van der Waals surface area contributed by atoms with E-state index in [9.17, 15) is 0 Å². The number of hydrogen-bond acceptors (Lipinski definition) is 3. The molecular weight excluding hydrogens is 647 g/mol. The molecule has 9 aromatic carbocycles. The van der Waals surface area contributed by atoms with Crippen LogP contribution >= 0.6 is 0 Å². The van der Waals surface area contributed by atoms with E-state index in [1.54, 1.807) is 0 Å². The summed E-state index contributed by atoms with van der Waals surface area (Å²) in [6, 6.07) is 66.8. The summed E-state index contributed by atoms with van der Waals surface area (Å²) >= 11 is 0. The number of nitrogens with zero attached hydrogens (tertiary/aromatic N) is 1. The second kappa shape index (κ2) is 11.7. The maximum atomic E-state index is 6.79. The molecule has 11 rings (SSSR count).